The number of aryl methyl sites for hydroxylation is 1. The van der Waals surface area contributed by atoms with Gasteiger partial charge in [0.05, 0.1) is 18.0 Å². The van der Waals surface area contributed by atoms with Crippen LogP contribution in [0.25, 0.3) is 5.69 Å². The molecule has 1 saturated heterocycles. The smallest absolute Gasteiger partial charge is 0.328 e. The Morgan fingerprint density at radius 1 is 1.11 bits per heavy atom. The van der Waals surface area contributed by atoms with Crippen LogP contribution >= 0.6 is 11.6 Å². The van der Waals surface area contributed by atoms with Crippen LogP contribution < -0.4 is 4.90 Å². The number of hydrogen-bond acceptors (Lipinski definition) is 7. The third-order valence-corrected chi connectivity index (χ3v) is 6.07. The fourth-order valence-electron chi connectivity index (χ4n) is 4.11. The monoisotopic (exact) mass is 514 g/mol. The van der Waals surface area contributed by atoms with E-state index in [2.05, 4.69) is 15.5 Å². The summed E-state index contributed by atoms with van der Waals surface area (Å²) < 4.78 is 19.7. The third-order valence-electron chi connectivity index (χ3n) is 5.84. The minimum atomic E-state index is -0.914. The van der Waals surface area contributed by atoms with E-state index < -0.39 is 17.9 Å². The number of nitrogens with zero attached hydrogens (tertiary/aromatic N) is 6. The van der Waals surface area contributed by atoms with Gasteiger partial charge >= 0.3 is 5.97 Å². The van der Waals surface area contributed by atoms with Gasteiger partial charge in [-0.3, -0.25) is 14.5 Å². The zero-order valence-corrected chi connectivity index (χ0v) is 20.3. The van der Waals surface area contributed by atoms with Gasteiger partial charge in [-0.15, -0.1) is 5.10 Å². The largest absolute Gasteiger partial charge is 0.464 e. The zero-order valence-electron chi connectivity index (χ0n) is 19.5. The molecule has 2 aromatic carbocycles. The molecule has 1 unspecified atom stereocenters. The van der Waals surface area contributed by atoms with Crippen molar-refractivity contribution in [2.24, 2.45) is 0 Å². The Morgan fingerprint density at radius 2 is 1.89 bits per heavy atom. The van der Waals surface area contributed by atoms with Crippen LogP contribution in [0.15, 0.2) is 48.8 Å². The van der Waals surface area contributed by atoms with Crippen LogP contribution in [-0.2, 0) is 25.5 Å². The SMILES string of the molecule is CCOC(=O)C(CCCc1ccc(F)cc1)N1CC(=O)N(c2cc(Cl)ccc2-n2cnnn2)CC1=O. The molecule has 188 valence electrons. The molecule has 0 spiro atoms. The summed E-state index contributed by atoms with van der Waals surface area (Å²) >= 11 is 6.18. The maximum absolute atomic E-state index is 13.2. The number of amides is 2. The lowest BCUT2D eigenvalue weighted by Gasteiger charge is -2.38. The summed E-state index contributed by atoms with van der Waals surface area (Å²) in [7, 11) is 0. The standard InChI is InChI=1S/C24H24ClFN6O4/c1-2-36-24(35)20(5-3-4-16-6-9-18(26)10-7-16)30-13-23(34)31(14-22(30)33)21-12-17(25)8-11-19(21)32-15-27-28-29-32/h6-12,15,20H,2-5,13-14H2,1H3. The van der Waals surface area contributed by atoms with Gasteiger partial charge in [0.25, 0.3) is 0 Å². The highest BCUT2D eigenvalue weighted by Gasteiger charge is 2.39. The van der Waals surface area contributed by atoms with Crippen LogP contribution in [0.2, 0.25) is 5.02 Å². The number of piperazine rings is 1. The van der Waals surface area contributed by atoms with Crippen molar-refractivity contribution in [1.82, 2.24) is 25.1 Å². The minimum Gasteiger partial charge on any atom is -0.464 e. The summed E-state index contributed by atoms with van der Waals surface area (Å²) in [5.41, 5.74) is 1.75. The van der Waals surface area contributed by atoms with Crippen LogP contribution in [0.4, 0.5) is 10.1 Å². The van der Waals surface area contributed by atoms with E-state index in [0.717, 1.165) is 5.56 Å². The molecule has 4 rings (SSSR count). The summed E-state index contributed by atoms with van der Waals surface area (Å²) in [5, 5.41) is 11.5. The number of esters is 1. The summed E-state index contributed by atoms with van der Waals surface area (Å²) in [4.78, 5) is 41.8. The number of anilines is 1. The minimum absolute atomic E-state index is 0.146. The number of carbonyl (C=O) groups is 3. The lowest BCUT2D eigenvalue weighted by molar-refractivity contribution is -0.157. The predicted molar refractivity (Wildman–Crippen MR) is 128 cm³/mol. The highest BCUT2D eigenvalue weighted by Crippen LogP contribution is 2.30. The van der Waals surface area contributed by atoms with Crippen molar-refractivity contribution >= 4 is 35.1 Å². The van der Waals surface area contributed by atoms with Crippen LogP contribution in [0.1, 0.15) is 25.3 Å². The van der Waals surface area contributed by atoms with E-state index in [4.69, 9.17) is 16.3 Å². The van der Waals surface area contributed by atoms with Crippen molar-refractivity contribution in [3.8, 4) is 5.69 Å². The number of ether oxygens (including phenoxy) is 1. The Kier molecular flexibility index (Phi) is 7.89. The number of hydrogen-bond donors (Lipinski definition) is 0. The van der Waals surface area contributed by atoms with E-state index in [0.29, 0.717) is 35.7 Å². The van der Waals surface area contributed by atoms with E-state index in [9.17, 15) is 18.8 Å². The summed E-state index contributed by atoms with van der Waals surface area (Å²) in [5.74, 6) is -1.69. The Balaban J connectivity index is 1.52. The van der Waals surface area contributed by atoms with Crippen molar-refractivity contribution in [2.45, 2.75) is 32.2 Å². The van der Waals surface area contributed by atoms with E-state index in [1.54, 1.807) is 37.3 Å². The summed E-state index contributed by atoms with van der Waals surface area (Å²) in [6.45, 7) is 1.23. The molecule has 1 aliphatic heterocycles. The van der Waals surface area contributed by atoms with E-state index >= 15 is 0 Å². The summed E-state index contributed by atoms with van der Waals surface area (Å²) in [6, 6.07) is 10.0. The van der Waals surface area contributed by atoms with Gasteiger partial charge in [0, 0.05) is 5.02 Å². The van der Waals surface area contributed by atoms with Gasteiger partial charge in [0.1, 0.15) is 31.3 Å². The first-order valence-electron chi connectivity index (χ1n) is 11.4. The number of halogens is 2. The molecular formula is C24H24ClFN6O4. The number of benzene rings is 2. The molecule has 0 aliphatic carbocycles. The van der Waals surface area contributed by atoms with Gasteiger partial charge in [0.2, 0.25) is 11.8 Å². The third kappa shape index (κ3) is 5.68. The number of rotatable bonds is 9. The Morgan fingerprint density at radius 3 is 2.58 bits per heavy atom. The average molecular weight is 515 g/mol. The van der Waals surface area contributed by atoms with Gasteiger partial charge in [-0.1, -0.05) is 23.7 Å². The molecular weight excluding hydrogens is 491 g/mol. The maximum Gasteiger partial charge on any atom is 0.328 e. The second kappa shape index (κ2) is 11.3. The molecule has 1 aliphatic rings. The summed E-state index contributed by atoms with van der Waals surface area (Å²) in [6.07, 6.45) is 2.78. The van der Waals surface area contributed by atoms with Crippen LogP contribution in [0, 0.1) is 5.82 Å². The van der Waals surface area contributed by atoms with E-state index in [-0.39, 0.29) is 31.4 Å². The van der Waals surface area contributed by atoms with Gasteiger partial charge < -0.3 is 9.64 Å². The van der Waals surface area contributed by atoms with Crippen molar-refractivity contribution < 1.29 is 23.5 Å². The van der Waals surface area contributed by atoms with Crippen molar-refractivity contribution in [3.63, 3.8) is 0 Å². The molecule has 0 bridgehead atoms. The van der Waals surface area contributed by atoms with Gasteiger partial charge in [-0.25, -0.2) is 9.18 Å². The second-order valence-corrected chi connectivity index (χ2v) is 8.61. The van der Waals surface area contributed by atoms with Crippen LogP contribution in [-0.4, -0.2) is 68.6 Å². The average Bonchev–Trinajstić information content (AvgIpc) is 3.39. The molecule has 1 fully saturated rings. The number of tetrazole rings is 1. The Hall–Kier alpha value is -3.86. The molecule has 10 nitrogen and oxygen atoms in total. The lowest BCUT2D eigenvalue weighted by Crippen LogP contribution is -2.59. The topological polar surface area (TPSA) is 111 Å². The van der Waals surface area contributed by atoms with Crippen LogP contribution in [0.5, 0.6) is 0 Å². The molecule has 3 aromatic rings. The zero-order chi connectivity index (χ0) is 25.7. The Labute approximate surface area is 211 Å². The van der Waals surface area contributed by atoms with Crippen molar-refractivity contribution in [2.75, 3.05) is 24.6 Å². The van der Waals surface area contributed by atoms with Crippen molar-refractivity contribution in [1.29, 1.82) is 0 Å². The first kappa shape index (κ1) is 25.2. The fraction of sp³-hybridized carbons (Fsp3) is 0.333. The Bertz CT molecular complexity index is 1240. The molecule has 36 heavy (non-hydrogen) atoms. The first-order chi connectivity index (χ1) is 17.4. The molecule has 2 amide bonds. The molecule has 0 radical (unpaired) electrons. The number of aromatic nitrogens is 4. The quantitative estimate of drug-likeness (QED) is 0.403. The molecule has 1 atom stereocenters. The normalized spacial score (nSPS) is 14.8. The first-order valence-corrected chi connectivity index (χ1v) is 11.8. The highest BCUT2D eigenvalue weighted by atomic mass is 35.5. The maximum atomic E-state index is 13.2. The lowest BCUT2D eigenvalue weighted by atomic mass is 10.0. The second-order valence-electron chi connectivity index (χ2n) is 8.18. The van der Waals surface area contributed by atoms with E-state index in [1.165, 1.54) is 32.9 Å². The predicted octanol–water partition coefficient (Wildman–Crippen LogP) is 2.58. The number of carbonyl (C=O) groups excluding carboxylic acids is 3. The fourth-order valence-corrected chi connectivity index (χ4v) is 4.27. The highest BCUT2D eigenvalue weighted by molar-refractivity contribution is 6.31. The molecule has 0 N–H and O–H groups in total. The van der Waals surface area contributed by atoms with Gasteiger partial charge in [-0.2, -0.15) is 4.68 Å². The van der Waals surface area contributed by atoms with Crippen molar-refractivity contribution in [3.05, 3.63) is 65.2 Å². The molecule has 1 aromatic heterocycles. The van der Waals surface area contributed by atoms with Gasteiger partial charge in [0.15, 0.2) is 0 Å². The molecule has 12 heteroatoms. The van der Waals surface area contributed by atoms with E-state index in [1.807, 2.05) is 0 Å². The van der Waals surface area contributed by atoms with Crippen LogP contribution in [0.3, 0.4) is 0 Å². The van der Waals surface area contributed by atoms with Gasteiger partial charge in [-0.05, 0) is 72.5 Å². The molecule has 0 saturated carbocycles. The molecule has 2 heterocycles.